The average Bonchev–Trinajstić information content (AvgIpc) is 3.11. The third-order valence-corrected chi connectivity index (χ3v) is 5.99. The second kappa shape index (κ2) is 8.43. The van der Waals surface area contributed by atoms with E-state index in [1.807, 2.05) is 23.1 Å². The Labute approximate surface area is 174 Å². The molecule has 0 saturated carbocycles. The number of hydrogen-bond acceptors (Lipinski definition) is 6. The fourth-order valence-electron chi connectivity index (χ4n) is 4.16. The summed E-state index contributed by atoms with van der Waals surface area (Å²) in [5.41, 5.74) is 1.58. The number of aromatic nitrogens is 2. The maximum absolute atomic E-state index is 12.7. The highest BCUT2D eigenvalue weighted by molar-refractivity contribution is 5.89. The van der Waals surface area contributed by atoms with Crippen molar-refractivity contribution in [2.75, 3.05) is 58.4 Å². The number of carbonyl (C=O) groups excluding carboxylic acids is 2. The van der Waals surface area contributed by atoms with Crippen molar-refractivity contribution >= 4 is 28.4 Å². The average molecular weight is 413 g/mol. The van der Waals surface area contributed by atoms with Crippen molar-refractivity contribution in [2.45, 2.75) is 13.0 Å². The zero-order chi connectivity index (χ0) is 21.3. The first-order chi connectivity index (χ1) is 14.5. The third-order valence-electron chi connectivity index (χ3n) is 5.99. The van der Waals surface area contributed by atoms with E-state index in [-0.39, 0.29) is 23.3 Å². The number of nitrogens with zero attached hydrogens (tertiary/aromatic N) is 5. The molecule has 0 radical (unpaired) electrons. The first-order valence-corrected chi connectivity index (χ1v) is 10.2. The van der Waals surface area contributed by atoms with E-state index in [2.05, 4.69) is 9.88 Å². The van der Waals surface area contributed by atoms with Crippen molar-refractivity contribution in [1.82, 2.24) is 19.4 Å². The lowest BCUT2D eigenvalue weighted by atomic mass is 10.1. The highest BCUT2D eigenvalue weighted by Gasteiger charge is 2.35. The number of hydrogen-bond donors (Lipinski definition) is 0. The predicted octanol–water partition coefficient (Wildman–Crippen LogP) is 0.170. The summed E-state index contributed by atoms with van der Waals surface area (Å²) in [6.07, 6.45) is 1.87. The van der Waals surface area contributed by atoms with Crippen LogP contribution in [0, 0.1) is 5.92 Å². The van der Waals surface area contributed by atoms with Gasteiger partial charge in [-0.1, -0.05) is 0 Å². The van der Waals surface area contributed by atoms with Gasteiger partial charge >= 0.3 is 0 Å². The van der Waals surface area contributed by atoms with E-state index in [1.54, 1.807) is 30.0 Å². The number of carbonyl (C=O) groups is 2. The summed E-state index contributed by atoms with van der Waals surface area (Å²) < 4.78 is 6.60. The van der Waals surface area contributed by atoms with Crippen molar-refractivity contribution in [2.24, 2.45) is 5.92 Å². The molecular formula is C21H27N5O4. The molecule has 2 amide bonds. The summed E-state index contributed by atoms with van der Waals surface area (Å²) in [6.45, 7) is 4.10. The van der Waals surface area contributed by atoms with E-state index in [4.69, 9.17) is 4.74 Å². The van der Waals surface area contributed by atoms with E-state index >= 15 is 0 Å². The lowest BCUT2D eigenvalue weighted by Crippen LogP contribution is -2.50. The summed E-state index contributed by atoms with van der Waals surface area (Å²) in [7, 11) is 3.35. The molecule has 4 rings (SSSR count). The Hall–Kier alpha value is -2.94. The molecule has 0 aliphatic carbocycles. The molecule has 0 spiro atoms. The molecule has 2 fully saturated rings. The summed E-state index contributed by atoms with van der Waals surface area (Å²) in [5, 5.41) is 0.584. The molecule has 30 heavy (non-hydrogen) atoms. The summed E-state index contributed by atoms with van der Waals surface area (Å²) in [4.78, 5) is 47.2. The molecule has 1 atom stereocenters. The molecule has 0 N–H and O–H groups in total. The van der Waals surface area contributed by atoms with Crippen LogP contribution in [0.4, 0.5) is 5.69 Å². The van der Waals surface area contributed by atoms with Gasteiger partial charge in [0.2, 0.25) is 11.8 Å². The fourth-order valence-corrected chi connectivity index (χ4v) is 4.16. The van der Waals surface area contributed by atoms with Gasteiger partial charge in [-0.25, -0.2) is 4.98 Å². The molecule has 1 unspecified atom stereocenters. The lowest BCUT2D eigenvalue weighted by molar-refractivity contribution is -0.136. The molecule has 0 bridgehead atoms. The Balaban J connectivity index is 1.42. The topological polar surface area (TPSA) is 88.0 Å². The van der Waals surface area contributed by atoms with Gasteiger partial charge in [-0.3, -0.25) is 19.0 Å². The first kappa shape index (κ1) is 20.3. The molecule has 9 heteroatoms. The number of anilines is 1. The molecule has 2 aromatic rings. The number of fused-ring (bicyclic) bond motifs is 1. The van der Waals surface area contributed by atoms with Crippen LogP contribution in [-0.4, -0.2) is 84.7 Å². The van der Waals surface area contributed by atoms with Gasteiger partial charge in [0, 0.05) is 59.0 Å². The normalized spacial score (nSPS) is 19.7. The van der Waals surface area contributed by atoms with E-state index in [0.717, 1.165) is 5.69 Å². The van der Waals surface area contributed by atoms with Crippen molar-refractivity contribution in [3.63, 3.8) is 0 Å². The third kappa shape index (κ3) is 3.89. The molecule has 2 saturated heterocycles. The molecule has 1 aromatic heterocycles. The Morgan fingerprint density at radius 3 is 2.63 bits per heavy atom. The van der Waals surface area contributed by atoms with Crippen LogP contribution >= 0.6 is 0 Å². The monoisotopic (exact) mass is 413 g/mol. The highest BCUT2D eigenvalue weighted by Crippen LogP contribution is 2.23. The Morgan fingerprint density at radius 1 is 1.20 bits per heavy atom. The molecule has 9 nitrogen and oxygen atoms in total. The SMILES string of the molecule is COCCn1cnc2cc(N3CCN(C(=O)C4CC(=O)N(C)C4)CC3)ccc2c1=O. The molecule has 1 aromatic carbocycles. The summed E-state index contributed by atoms with van der Waals surface area (Å²) in [5.74, 6) is -0.111. The summed E-state index contributed by atoms with van der Waals surface area (Å²) >= 11 is 0. The van der Waals surface area contributed by atoms with Crippen LogP contribution in [0.3, 0.4) is 0 Å². The minimum Gasteiger partial charge on any atom is -0.383 e. The van der Waals surface area contributed by atoms with Crippen LogP contribution in [0.15, 0.2) is 29.3 Å². The van der Waals surface area contributed by atoms with Crippen molar-refractivity contribution < 1.29 is 14.3 Å². The van der Waals surface area contributed by atoms with E-state index in [0.29, 0.717) is 63.2 Å². The second-order valence-electron chi connectivity index (χ2n) is 7.93. The predicted molar refractivity (Wildman–Crippen MR) is 112 cm³/mol. The number of benzene rings is 1. The maximum atomic E-state index is 12.7. The van der Waals surface area contributed by atoms with Crippen LogP contribution in [0.25, 0.3) is 10.9 Å². The Kier molecular flexibility index (Phi) is 5.72. The van der Waals surface area contributed by atoms with Crippen LogP contribution in [0.2, 0.25) is 0 Å². The first-order valence-electron chi connectivity index (χ1n) is 10.2. The summed E-state index contributed by atoms with van der Waals surface area (Å²) in [6, 6.07) is 5.69. The van der Waals surface area contributed by atoms with Gasteiger partial charge in [0.05, 0.1) is 36.3 Å². The number of ether oxygens (including phenoxy) is 1. The van der Waals surface area contributed by atoms with E-state index in [1.165, 1.54) is 0 Å². The highest BCUT2D eigenvalue weighted by atomic mass is 16.5. The standard InChI is InChI=1S/C21H27N5O4/c1-23-13-15(11-19(23)27)20(28)25-7-5-24(6-8-25)16-3-4-17-18(12-16)22-14-26(21(17)29)9-10-30-2/h3-4,12,14-15H,5-11,13H2,1-2H3. The molecule has 2 aliphatic heterocycles. The quantitative estimate of drug-likeness (QED) is 0.695. The molecule has 2 aliphatic rings. The van der Waals surface area contributed by atoms with Crippen LogP contribution in [0.5, 0.6) is 0 Å². The number of amides is 2. The number of rotatable bonds is 5. The lowest BCUT2D eigenvalue weighted by Gasteiger charge is -2.37. The van der Waals surface area contributed by atoms with Gasteiger partial charge in [0.15, 0.2) is 0 Å². The van der Waals surface area contributed by atoms with Crippen LogP contribution in [-0.2, 0) is 20.9 Å². The second-order valence-corrected chi connectivity index (χ2v) is 7.93. The van der Waals surface area contributed by atoms with Gasteiger partial charge in [0.1, 0.15) is 0 Å². The Morgan fingerprint density at radius 2 is 1.97 bits per heavy atom. The zero-order valence-corrected chi connectivity index (χ0v) is 17.4. The molecule has 3 heterocycles. The van der Waals surface area contributed by atoms with Gasteiger partial charge < -0.3 is 19.4 Å². The van der Waals surface area contributed by atoms with Gasteiger partial charge in [-0.15, -0.1) is 0 Å². The number of piperazine rings is 1. The molecular weight excluding hydrogens is 386 g/mol. The van der Waals surface area contributed by atoms with Crippen molar-refractivity contribution in [3.8, 4) is 0 Å². The van der Waals surface area contributed by atoms with E-state index in [9.17, 15) is 14.4 Å². The fraction of sp³-hybridized carbons (Fsp3) is 0.524. The van der Waals surface area contributed by atoms with Gasteiger partial charge in [-0.2, -0.15) is 0 Å². The minimum absolute atomic E-state index is 0.0388. The number of likely N-dealkylation sites (tertiary alicyclic amines) is 1. The van der Waals surface area contributed by atoms with Crippen LogP contribution < -0.4 is 10.5 Å². The van der Waals surface area contributed by atoms with E-state index < -0.39 is 0 Å². The molecule has 160 valence electrons. The van der Waals surface area contributed by atoms with Crippen molar-refractivity contribution in [3.05, 3.63) is 34.9 Å². The van der Waals surface area contributed by atoms with Gasteiger partial charge in [0.25, 0.3) is 5.56 Å². The van der Waals surface area contributed by atoms with Crippen molar-refractivity contribution in [1.29, 1.82) is 0 Å². The van der Waals surface area contributed by atoms with Crippen LogP contribution in [0.1, 0.15) is 6.42 Å². The largest absolute Gasteiger partial charge is 0.383 e. The van der Waals surface area contributed by atoms with Gasteiger partial charge in [-0.05, 0) is 18.2 Å². The number of methoxy groups -OCH3 is 1. The minimum atomic E-state index is -0.223. The Bertz CT molecular complexity index is 1010. The zero-order valence-electron chi connectivity index (χ0n) is 17.4. The maximum Gasteiger partial charge on any atom is 0.261 e. The smallest absolute Gasteiger partial charge is 0.261 e.